The molecule has 0 saturated heterocycles. The topological polar surface area (TPSA) is 96.5 Å². The molecule has 3 aliphatic carbocycles. The van der Waals surface area contributed by atoms with Crippen LogP contribution >= 0.6 is 0 Å². The van der Waals surface area contributed by atoms with E-state index in [1.807, 2.05) is 7.11 Å². The average Bonchev–Trinajstić information content (AvgIpc) is 2.87. The van der Waals surface area contributed by atoms with Crippen LogP contribution in [0.2, 0.25) is 0 Å². The maximum Gasteiger partial charge on any atom is 0.119 e. The van der Waals surface area contributed by atoms with Gasteiger partial charge in [0.2, 0.25) is 0 Å². The largest absolute Gasteiger partial charge is 0.493 e. The Morgan fingerprint density at radius 1 is 1.22 bits per heavy atom. The Balaban J connectivity index is 1.55. The molecule has 5 heteroatoms. The first kappa shape index (κ1) is 18.8. The molecule has 0 heterocycles. The molecular formula is C22H31N3O2. The number of nitrogens with two attached hydrogens (primary N) is 3. The van der Waals surface area contributed by atoms with Crippen molar-refractivity contribution in [1.82, 2.24) is 0 Å². The molecular weight excluding hydrogens is 338 g/mol. The van der Waals surface area contributed by atoms with Gasteiger partial charge in [-0.05, 0) is 60.8 Å². The summed E-state index contributed by atoms with van der Waals surface area (Å²) in [4.78, 5) is 0. The summed E-state index contributed by atoms with van der Waals surface area (Å²) in [6.07, 6.45) is 7.72. The molecule has 0 aromatic heterocycles. The fourth-order valence-electron chi connectivity index (χ4n) is 5.23. The molecule has 0 aliphatic heterocycles. The molecule has 2 unspecified atom stereocenters. The van der Waals surface area contributed by atoms with Crippen molar-refractivity contribution in [2.45, 2.75) is 62.8 Å². The van der Waals surface area contributed by atoms with E-state index in [1.54, 1.807) is 0 Å². The van der Waals surface area contributed by atoms with Gasteiger partial charge in [-0.3, -0.25) is 0 Å². The zero-order valence-corrected chi connectivity index (χ0v) is 16.2. The molecule has 0 bridgehead atoms. The predicted molar refractivity (Wildman–Crippen MR) is 106 cm³/mol. The lowest BCUT2D eigenvalue weighted by Crippen LogP contribution is -2.58. The Morgan fingerprint density at radius 2 is 1.96 bits per heavy atom. The Labute approximate surface area is 161 Å². The summed E-state index contributed by atoms with van der Waals surface area (Å²) >= 11 is 0. The monoisotopic (exact) mass is 369 g/mol. The van der Waals surface area contributed by atoms with Gasteiger partial charge in [-0.2, -0.15) is 0 Å². The molecule has 4 rings (SSSR count). The van der Waals surface area contributed by atoms with Crippen molar-refractivity contribution in [3.8, 4) is 17.6 Å². The maximum atomic E-state index is 5.90. The lowest BCUT2D eigenvalue weighted by Gasteiger charge is -2.44. The Hall–Kier alpha value is -1.58. The van der Waals surface area contributed by atoms with Gasteiger partial charge in [0, 0.05) is 31.8 Å². The van der Waals surface area contributed by atoms with Gasteiger partial charge in [-0.15, -0.1) is 5.92 Å². The molecule has 3 aliphatic rings. The highest BCUT2D eigenvalue weighted by molar-refractivity contribution is 5.46. The van der Waals surface area contributed by atoms with Crippen LogP contribution in [0.25, 0.3) is 0 Å². The van der Waals surface area contributed by atoms with E-state index in [2.05, 4.69) is 30.0 Å². The summed E-state index contributed by atoms with van der Waals surface area (Å²) in [5.41, 5.74) is 20.2. The van der Waals surface area contributed by atoms with E-state index in [0.29, 0.717) is 36.4 Å². The third-order valence-corrected chi connectivity index (χ3v) is 6.73. The SMILES string of the molecule is COC1CCC2(CC1)Cc1ccc(OCCC(N)(N)N)cc1C2C1C#CC1. The van der Waals surface area contributed by atoms with Crippen molar-refractivity contribution in [3.63, 3.8) is 0 Å². The van der Waals surface area contributed by atoms with Crippen LogP contribution in [0.5, 0.6) is 5.75 Å². The van der Waals surface area contributed by atoms with Gasteiger partial charge in [0.25, 0.3) is 0 Å². The minimum absolute atomic E-state index is 0.330. The van der Waals surface area contributed by atoms with Crippen LogP contribution in [0.1, 0.15) is 55.6 Å². The highest BCUT2D eigenvalue weighted by Crippen LogP contribution is 2.59. The van der Waals surface area contributed by atoms with Crippen molar-refractivity contribution >= 4 is 0 Å². The molecule has 1 fully saturated rings. The lowest BCUT2D eigenvalue weighted by molar-refractivity contribution is 0.0148. The number of rotatable bonds is 6. The molecule has 6 N–H and O–H groups in total. The quantitative estimate of drug-likeness (QED) is 0.528. The van der Waals surface area contributed by atoms with Crippen molar-refractivity contribution in [2.24, 2.45) is 28.5 Å². The van der Waals surface area contributed by atoms with Gasteiger partial charge in [-0.1, -0.05) is 12.0 Å². The number of methoxy groups -OCH3 is 1. The summed E-state index contributed by atoms with van der Waals surface area (Å²) in [7, 11) is 1.84. The first-order valence-electron chi connectivity index (χ1n) is 10.0. The van der Waals surface area contributed by atoms with E-state index in [1.165, 1.54) is 24.0 Å². The number of hydrogen-bond donors (Lipinski definition) is 3. The zero-order valence-electron chi connectivity index (χ0n) is 16.2. The van der Waals surface area contributed by atoms with Gasteiger partial charge < -0.3 is 26.7 Å². The second kappa shape index (κ2) is 7.10. The molecule has 2 atom stereocenters. The molecule has 146 valence electrons. The van der Waals surface area contributed by atoms with Crippen LogP contribution in [0.15, 0.2) is 18.2 Å². The highest BCUT2D eigenvalue weighted by Gasteiger charge is 2.51. The van der Waals surface area contributed by atoms with Crippen LogP contribution in [-0.4, -0.2) is 25.6 Å². The van der Waals surface area contributed by atoms with Crippen LogP contribution in [0.4, 0.5) is 0 Å². The van der Waals surface area contributed by atoms with E-state index in [9.17, 15) is 0 Å². The first-order valence-corrected chi connectivity index (χ1v) is 10.0. The van der Waals surface area contributed by atoms with Gasteiger partial charge >= 0.3 is 0 Å². The van der Waals surface area contributed by atoms with Gasteiger partial charge in [0.05, 0.1) is 12.7 Å². The normalized spacial score (nSPS) is 31.8. The third-order valence-electron chi connectivity index (χ3n) is 6.73. The molecule has 1 aromatic rings. The Morgan fingerprint density at radius 3 is 2.56 bits per heavy atom. The number of hydrogen-bond acceptors (Lipinski definition) is 5. The average molecular weight is 370 g/mol. The van der Waals surface area contributed by atoms with Gasteiger partial charge in [0.15, 0.2) is 0 Å². The fraction of sp³-hybridized carbons (Fsp3) is 0.636. The molecule has 1 aromatic carbocycles. The Bertz CT molecular complexity index is 751. The number of benzene rings is 1. The fourth-order valence-corrected chi connectivity index (χ4v) is 5.23. The Kier molecular flexibility index (Phi) is 4.94. The van der Waals surface area contributed by atoms with Crippen molar-refractivity contribution in [1.29, 1.82) is 0 Å². The number of fused-ring (bicyclic) bond motifs is 1. The van der Waals surface area contributed by atoms with E-state index >= 15 is 0 Å². The van der Waals surface area contributed by atoms with Crippen LogP contribution in [-0.2, 0) is 11.2 Å². The van der Waals surface area contributed by atoms with Crippen molar-refractivity contribution in [3.05, 3.63) is 29.3 Å². The zero-order chi connectivity index (χ0) is 19.1. The summed E-state index contributed by atoms with van der Waals surface area (Å²) in [6, 6.07) is 6.53. The summed E-state index contributed by atoms with van der Waals surface area (Å²) < 4.78 is 11.5. The summed E-state index contributed by atoms with van der Waals surface area (Å²) in [5, 5.41) is 0. The molecule has 5 nitrogen and oxygen atoms in total. The summed E-state index contributed by atoms with van der Waals surface area (Å²) in [5.74, 6) is 7.33. The van der Waals surface area contributed by atoms with Crippen LogP contribution in [0.3, 0.4) is 0 Å². The molecule has 1 saturated carbocycles. The van der Waals surface area contributed by atoms with E-state index in [4.69, 9.17) is 26.7 Å². The second-order valence-corrected chi connectivity index (χ2v) is 8.66. The van der Waals surface area contributed by atoms with Crippen LogP contribution in [0, 0.1) is 23.2 Å². The standard InChI is InChI=1S/C22H31N3O2/c1-26-17-7-9-21(10-8-17)14-16-5-6-18(27-12-11-22(23,24)25)13-19(16)20(21)15-3-2-4-15/h5-6,13,15,17,20H,3,7-12,14,23-25H2,1H3. The highest BCUT2D eigenvalue weighted by atomic mass is 16.5. The minimum atomic E-state index is -1.19. The second-order valence-electron chi connectivity index (χ2n) is 8.66. The van der Waals surface area contributed by atoms with E-state index in [-0.39, 0.29) is 0 Å². The third kappa shape index (κ3) is 3.72. The minimum Gasteiger partial charge on any atom is -0.493 e. The molecule has 0 amide bonds. The van der Waals surface area contributed by atoms with Crippen molar-refractivity contribution in [2.75, 3.05) is 13.7 Å². The van der Waals surface area contributed by atoms with Crippen molar-refractivity contribution < 1.29 is 9.47 Å². The van der Waals surface area contributed by atoms with Crippen LogP contribution < -0.4 is 21.9 Å². The van der Waals surface area contributed by atoms with Gasteiger partial charge in [0.1, 0.15) is 11.5 Å². The first-order chi connectivity index (χ1) is 12.9. The molecule has 1 spiro atoms. The summed E-state index contributed by atoms with van der Waals surface area (Å²) in [6.45, 7) is 0.414. The van der Waals surface area contributed by atoms with E-state index in [0.717, 1.165) is 31.4 Å². The smallest absolute Gasteiger partial charge is 0.119 e. The molecule has 27 heavy (non-hydrogen) atoms. The van der Waals surface area contributed by atoms with Gasteiger partial charge in [-0.25, -0.2) is 0 Å². The maximum absolute atomic E-state index is 5.90. The van der Waals surface area contributed by atoms with E-state index < -0.39 is 5.79 Å². The molecule has 0 radical (unpaired) electrons. The number of ether oxygens (including phenoxy) is 2. The predicted octanol–water partition coefficient (Wildman–Crippen LogP) is 2.22. The lowest BCUT2D eigenvalue weighted by atomic mass is 9.60.